The molecule has 1 fully saturated rings. The monoisotopic (exact) mass is 313 g/mol. The van der Waals surface area contributed by atoms with E-state index in [1.54, 1.807) is 23.1 Å². The Bertz CT molecular complexity index is 584. The predicted molar refractivity (Wildman–Crippen MR) is 83.3 cm³/mol. The summed E-state index contributed by atoms with van der Waals surface area (Å²) in [6.07, 6.45) is 1.61. The number of thioether (sulfide) groups is 1. The second-order valence-corrected chi connectivity index (χ2v) is 6.46. The molecule has 1 heterocycles. The molecule has 2 rings (SSSR count). The normalized spacial score (nSPS) is 17.9. The molecule has 1 aliphatic heterocycles. The number of amides is 1. The number of phenols is 1. The number of hydrogen-bond donors (Lipinski definition) is 1. The van der Waals surface area contributed by atoms with Crippen LogP contribution >= 0.6 is 35.6 Å². The van der Waals surface area contributed by atoms with E-state index in [1.165, 1.54) is 17.8 Å². The molecule has 0 radical (unpaired) electrons. The fraction of sp³-hybridized carbons (Fsp3) is 0.231. The van der Waals surface area contributed by atoms with Gasteiger partial charge in [0.25, 0.3) is 5.91 Å². The Balaban J connectivity index is 2.38. The minimum absolute atomic E-state index is 0.0198. The van der Waals surface area contributed by atoms with Crippen LogP contribution < -0.4 is 0 Å². The Morgan fingerprint density at radius 2 is 2.16 bits per heavy atom. The van der Waals surface area contributed by atoms with Crippen LogP contribution in [0, 0.1) is 0 Å². The molecule has 1 aromatic rings. The van der Waals surface area contributed by atoms with Crippen LogP contribution in [0.25, 0.3) is 6.08 Å². The molecule has 0 aromatic heterocycles. The first-order valence-corrected chi connectivity index (χ1v) is 7.26. The molecule has 100 valence electrons. The zero-order chi connectivity index (χ0) is 14.2. The summed E-state index contributed by atoms with van der Waals surface area (Å²) < 4.78 is 0.535. The van der Waals surface area contributed by atoms with Crippen molar-refractivity contribution in [2.45, 2.75) is 19.9 Å². The molecular weight excluding hydrogens is 302 g/mol. The number of thiocarbonyl (C=S) groups is 1. The van der Waals surface area contributed by atoms with Crippen molar-refractivity contribution in [1.82, 2.24) is 4.90 Å². The quantitative estimate of drug-likeness (QED) is 0.668. The molecule has 0 atom stereocenters. The summed E-state index contributed by atoms with van der Waals surface area (Å²) in [6.45, 7) is 3.81. The van der Waals surface area contributed by atoms with Crippen molar-refractivity contribution in [3.05, 3.63) is 33.7 Å². The SMILES string of the molecule is CC(C)N1C(=O)C(=Cc2cc(Cl)ccc2O)SC1=S. The topological polar surface area (TPSA) is 40.5 Å². The Morgan fingerprint density at radius 1 is 1.47 bits per heavy atom. The fourth-order valence-corrected chi connectivity index (χ4v) is 3.40. The van der Waals surface area contributed by atoms with E-state index < -0.39 is 0 Å². The number of carbonyl (C=O) groups excluding carboxylic acids is 1. The first kappa shape index (κ1) is 14.4. The number of phenolic OH excluding ortho intramolecular Hbond substituents is 1. The average Bonchev–Trinajstić information content (AvgIpc) is 2.59. The molecule has 1 aliphatic rings. The van der Waals surface area contributed by atoms with E-state index in [0.29, 0.717) is 19.8 Å². The number of nitrogens with zero attached hydrogens (tertiary/aromatic N) is 1. The van der Waals surface area contributed by atoms with Crippen LogP contribution in [0.15, 0.2) is 23.1 Å². The maximum atomic E-state index is 12.2. The standard InChI is InChI=1S/C13H12ClNO2S2/c1-7(2)15-12(17)11(19-13(15)18)6-8-5-9(14)3-4-10(8)16/h3-7,16H,1-2H3. The highest BCUT2D eigenvalue weighted by Gasteiger charge is 2.33. The van der Waals surface area contributed by atoms with Crippen LogP contribution in [0.4, 0.5) is 0 Å². The van der Waals surface area contributed by atoms with Gasteiger partial charge in [0.15, 0.2) is 0 Å². The summed E-state index contributed by atoms with van der Waals surface area (Å²) in [6, 6.07) is 4.72. The summed E-state index contributed by atoms with van der Waals surface area (Å²) >= 11 is 12.3. The van der Waals surface area contributed by atoms with E-state index >= 15 is 0 Å². The van der Waals surface area contributed by atoms with Gasteiger partial charge in [-0.05, 0) is 38.1 Å². The zero-order valence-corrected chi connectivity index (χ0v) is 12.8. The predicted octanol–water partition coefficient (Wildman–Crippen LogP) is 3.66. The van der Waals surface area contributed by atoms with Gasteiger partial charge in [-0.25, -0.2) is 0 Å². The van der Waals surface area contributed by atoms with E-state index in [-0.39, 0.29) is 17.7 Å². The summed E-state index contributed by atoms with van der Waals surface area (Å²) in [5, 5.41) is 10.3. The molecule has 0 unspecified atom stereocenters. The van der Waals surface area contributed by atoms with Crippen molar-refractivity contribution in [2.24, 2.45) is 0 Å². The van der Waals surface area contributed by atoms with Gasteiger partial charge < -0.3 is 5.11 Å². The van der Waals surface area contributed by atoms with Crippen molar-refractivity contribution in [3.8, 4) is 5.75 Å². The minimum atomic E-state index is -0.135. The first-order valence-electron chi connectivity index (χ1n) is 5.65. The Hall–Kier alpha value is -1.04. The van der Waals surface area contributed by atoms with Crippen LogP contribution in [0.1, 0.15) is 19.4 Å². The second kappa shape index (κ2) is 5.53. The molecule has 1 aromatic carbocycles. The number of rotatable bonds is 2. The van der Waals surface area contributed by atoms with Crippen LogP contribution in [0.2, 0.25) is 5.02 Å². The van der Waals surface area contributed by atoms with Crippen LogP contribution in [-0.4, -0.2) is 26.3 Å². The number of halogens is 1. The van der Waals surface area contributed by atoms with E-state index in [0.717, 1.165) is 0 Å². The molecule has 0 spiro atoms. The van der Waals surface area contributed by atoms with Gasteiger partial charge in [-0.3, -0.25) is 9.69 Å². The number of hydrogen-bond acceptors (Lipinski definition) is 4. The molecule has 1 amide bonds. The molecule has 1 saturated heterocycles. The highest BCUT2D eigenvalue weighted by molar-refractivity contribution is 8.26. The van der Waals surface area contributed by atoms with Gasteiger partial charge in [-0.1, -0.05) is 35.6 Å². The third-order valence-electron chi connectivity index (χ3n) is 2.62. The van der Waals surface area contributed by atoms with Crippen molar-refractivity contribution in [2.75, 3.05) is 0 Å². The van der Waals surface area contributed by atoms with Gasteiger partial charge >= 0.3 is 0 Å². The smallest absolute Gasteiger partial charge is 0.266 e. The largest absolute Gasteiger partial charge is 0.507 e. The van der Waals surface area contributed by atoms with Gasteiger partial charge in [0, 0.05) is 16.6 Å². The minimum Gasteiger partial charge on any atom is -0.507 e. The summed E-state index contributed by atoms with van der Waals surface area (Å²) in [5.41, 5.74) is 0.511. The van der Waals surface area contributed by atoms with Crippen LogP contribution in [0.3, 0.4) is 0 Å². The summed E-state index contributed by atoms with van der Waals surface area (Å²) in [7, 11) is 0. The first-order chi connectivity index (χ1) is 8.90. The van der Waals surface area contributed by atoms with Crippen molar-refractivity contribution >= 4 is 51.9 Å². The lowest BCUT2D eigenvalue weighted by Gasteiger charge is -2.18. The molecule has 19 heavy (non-hydrogen) atoms. The van der Waals surface area contributed by atoms with E-state index in [1.807, 2.05) is 13.8 Å². The van der Waals surface area contributed by atoms with Crippen molar-refractivity contribution in [1.29, 1.82) is 0 Å². The lowest BCUT2D eigenvalue weighted by Crippen LogP contribution is -2.34. The third-order valence-corrected chi connectivity index (χ3v) is 4.18. The van der Waals surface area contributed by atoms with Gasteiger partial charge in [0.1, 0.15) is 10.1 Å². The number of aromatic hydroxyl groups is 1. The lowest BCUT2D eigenvalue weighted by molar-refractivity contribution is -0.123. The van der Waals surface area contributed by atoms with Gasteiger partial charge in [-0.2, -0.15) is 0 Å². The highest BCUT2D eigenvalue weighted by atomic mass is 35.5. The van der Waals surface area contributed by atoms with Crippen molar-refractivity contribution in [3.63, 3.8) is 0 Å². The van der Waals surface area contributed by atoms with Crippen molar-refractivity contribution < 1.29 is 9.90 Å². The summed E-state index contributed by atoms with van der Waals surface area (Å²) in [5.74, 6) is -0.0522. The number of benzene rings is 1. The Labute approximate surface area is 126 Å². The molecule has 0 bridgehead atoms. The zero-order valence-electron chi connectivity index (χ0n) is 10.4. The van der Waals surface area contributed by atoms with E-state index in [9.17, 15) is 9.90 Å². The van der Waals surface area contributed by atoms with E-state index in [2.05, 4.69) is 0 Å². The van der Waals surface area contributed by atoms with Gasteiger partial charge in [0.2, 0.25) is 0 Å². The van der Waals surface area contributed by atoms with Gasteiger partial charge in [-0.15, -0.1) is 0 Å². The molecule has 3 nitrogen and oxygen atoms in total. The summed E-state index contributed by atoms with van der Waals surface area (Å²) in [4.78, 5) is 14.3. The molecule has 0 aliphatic carbocycles. The fourth-order valence-electron chi connectivity index (χ4n) is 1.71. The molecular formula is C13H12ClNO2S2. The maximum Gasteiger partial charge on any atom is 0.266 e. The Kier molecular flexibility index (Phi) is 4.18. The molecule has 1 N–H and O–H groups in total. The third kappa shape index (κ3) is 2.94. The lowest BCUT2D eigenvalue weighted by atomic mass is 10.2. The Morgan fingerprint density at radius 3 is 2.74 bits per heavy atom. The van der Waals surface area contributed by atoms with E-state index in [4.69, 9.17) is 23.8 Å². The van der Waals surface area contributed by atoms with Crippen LogP contribution in [-0.2, 0) is 4.79 Å². The highest BCUT2D eigenvalue weighted by Crippen LogP contribution is 2.35. The average molecular weight is 314 g/mol. The number of carbonyl (C=O) groups is 1. The maximum absolute atomic E-state index is 12.2. The van der Waals surface area contributed by atoms with Gasteiger partial charge in [0.05, 0.1) is 4.91 Å². The van der Waals surface area contributed by atoms with Crippen LogP contribution in [0.5, 0.6) is 5.75 Å². The molecule has 6 heteroatoms. The second-order valence-electron chi connectivity index (χ2n) is 4.35. The molecule has 0 saturated carbocycles.